The number of carboxylic acid groups (broad SMARTS) is 1. The first-order valence-electron chi connectivity index (χ1n) is 10.7. The second-order valence-electron chi connectivity index (χ2n) is 9.31. The molecule has 2 heterocycles. The molecule has 1 amide bonds. The van der Waals surface area contributed by atoms with E-state index in [-0.39, 0.29) is 5.41 Å². The summed E-state index contributed by atoms with van der Waals surface area (Å²) >= 11 is 0. The number of nitrogens with zero attached hydrogens (tertiary/aromatic N) is 5. The van der Waals surface area contributed by atoms with Crippen molar-refractivity contribution in [2.75, 3.05) is 13.1 Å². The van der Waals surface area contributed by atoms with Gasteiger partial charge in [0.25, 0.3) is 0 Å². The zero-order valence-electron chi connectivity index (χ0n) is 18.3. The summed E-state index contributed by atoms with van der Waals surface area (Å²) in [7, 11) is 0. The summed E-state index contributed by atoms with van der Waals surface area (Å²) in [4.78, 5) is 14.5. The number of aromatic nitrogens is 4. The van der Waals surface area contributed by atoms with Crippen LogP contribution in [0.1, 0.15) is 56.1 Å². The van der Waals surface area contributed by atoms with Gasteiger partial charge in [0.2, 0.25) is 0 Å². The van der Waals surface area contributed by atoms with Crippen LogP contribution in [0.4, 0.5) is 4.79 Å². The predicted molar refractivity (Wildman–Crippen MR) is 118 cm³/mol. The van der Waals surface area contributed by atoms with Gasteiger partial charge in [0.15, 0.2) is 5.82 Å². The van der Waals surface area contributed by atoms with Crippen LogP contribution in [-0.4, -0.2) is 49.4 Å². The quantitative estimate of drug-likeness (QED) is 0.689. The minimum Gasteiger partial charge on any atom is -0.465 e. The Balaban J connectivity index is 1.59. The molecule has 0 bridgehead atoms. The molecule has 0 unspecified atom stereocenters. The maximum atomic E-state index is 11.4. The predicted octanol–water partition coefficient (Wildman–Crippen LogP) is 4.08. The third-order valence-corrected chi connectivity index (χ3v) is 6.24. The molecule has 31 heavy (non-hydrogen) atoms. The molecule has 1 N–H and O–H groups in total. The topological polar surface area (TPSA) is 84.1 Å². The lowest BCUT2D eigenvalue weighted by Gasteiger charge is -2.39. The Morgan fingerprint density at radius 2 is 1.68 bits per heavy atom. The van der Waals surface area contributed by atoms with Gasteiger partial charge in [-0.15, -0.1) is 10.2 Å². The average Bonchev–Trinajstić information content (AvgIpc) is 3.23. The first kappa shape index (κ1) is 21.0. The van der Waals surface area contributed by atoms with Gasteiger partial charge in [-0.2, -0.15) is 4.80 Å². The number of likely N-dealkylation sites (tertiary alicyclic amines) is 1. The summed E-state index contributed by atoms with van der Waals surface area (Å²) in [6.07, 6.45) is 0.391. The van der Waals surface area contributed by atoms with Gasteiger partial charge in [0, 0.05) is 13.1 Å². The van der Waals surface area contributed by atoms with Crippen molar-refractivity contribution in [2.24, 2.45) is 0 Å². The SMILES string of the molecule is CC(C)(C)c1ccc(Cn2nnc(C3(c4ccccc4)CCN(C(=O)O)CC3)n2)cc1. The van der Waals surface area contributed by atoms with Crippen LogP contribution in [0.15, 0.2) is 54.6 Å². The fourth-order valence-electron chi connectivity index (χ4n) is 4.25. The third kappa shape index (κ3) is 4.31. The van der Waals surface area contributed by atoms with Crippen molar-refractivity contribution in [1.82, 2.24) is 25.1 Å². The van der Waals surface area contributed by atoms with E-state index in [9.17, 15) is 9.90 Å². The number of carbonyl (C=O) groups is 1. The number of rotatable bonds is 4. The smallest absolute Gasteiger partial charge is 0.407 e. The number of piperidine rings is 1. The van der Waals surface area contributed by atoms with Gasteiger partial charge in [-0.05, 0) is 40.2 Å². The van der Waals surface area contributed by atoms with E-state index in [0.29, 0.717) is 38.3 Å². The number of benzene rings is 2. The zero-order chi connectivity index (χ0) is 22.1. The van der Waals surface area contributed by atoms with Crippen molar-refractivity contribution in [2.45, 2.75) is 51.0 Å². The fraction of sp³-hybridized carbons (Fsp3) is 0.417. The molecule has 0 saturated carbocycles. The van der Waals surface area contributed by atoms with Crippen LogP contribution in [-0.2, 0) is 17.4 Å². The Morgan fingerprint density at radius 1 is 1.03 bits per heavy atom. The number of hydrogen-bond acceptors (Lipinski definition) is 4. The molecule has 1 fully saturated rings. The lowest BCUT2D eigenvalue weighted by molar-refractivity contribution is 0.121. The highest BCUT2D eigenvalue weighted by molar-refractivity contribution is 5.65. The van der Waals surface area contributed by atoms with Crippen molar-refractivity contribution < 1.29 is 9.90 Å². The van der Waals surface area contributed by atoms with Crippen molar-refractivity contribution >= 4 is 6.09 Å². The highest BCUT2D eigenvalue weighted by Crippen LogP contribution is 2.39. The second-order valence-corrected chi connectivity index (χ2v) is 9.31. The highest BCUT2D eigenvalue weighted by atomic mass is 16.4. The first-order valence-corrected chi connectivity index (χ1v) is 10.7. The number of hydrogen-bond donors (Lipinski definition) is 1. The van der Waals surface area contributed by atoms with Crippen molar-refractivity contribution in [3.8, 4) is 0 Å². The maximum Gasteiger partial charge on any atom is 0.407 e. The van der Waals surface area contributed by atoms with E-state index >= 15 is 0 Å². The molecule has 1 aliphatic heterocycles. The lowest BCUT2D eigenvalue weighted by Crippen LogP contribution is -2.45. The summed E-state index contributed by atoms with van der Waals surface area (Å²) in [6, 6.07) is 18.7. The van der Waals surface area contributed by atoms with E-state index in [2.05, 4.69) is 67.5 Å². The molecule has 0 radical (unpaired) electrons. The van der Waals surface area contributed by atoms with Crippen LogP contribution in [0.2, 0.25) is 0 Å². The van der Waals surface area contributed by atoms with Crippen LogP contribution < -0.4 is 0 Å². The molecule has 4 rings (SSSR count). The van der Waals surface area contributed by atoms with Crippen LogP contribution in [0, 0.1) is 0 Å². The summed E-state index contributed by atoms with van der Waals surface area (Å²) < 4.78 is 0. The van der Waals surface area contributed by atoms with Crippen LogP contribution in [0.3, 0.4) is 0 Å². The van der Waals surface area contributed by atoms with E-state index in [1.807, 2.05) is 18.2 Å². The van der Waals surface area contributed by atoms with Gasteiger partial charge < -0.3 is 10.0 Å². The van der Waals surface area contributed by atoms with Crippen LogP contribution >= 0.6 is 0 Å². The highest BCUT2D eigenvalue weighted by Gasteiger charge is 2.42. The molecule has 162 valence electrons. The molecule has 3 aromatic rings. The molecule has 1 aromatic heterocycles. The number of tetrazole rings is 1. The molecule has 7 heteroatoms. The number of amides is 1. The van der Waals surface area contributed by atoms with Gasteiger partial charge in [-0.1, -0.05) is 75.4 Å². The van der Waals surface area contributed by atoms with Crippen molar-refractivity contribution in [1.29, 1.82) is 0 Å². The fourth-order valence-corrected chi connectivity index (χ4v) is 4.25. The van der Waals surface area contributed by atoms with E-state index < -0.39 is 11.5 Å². The van der Waals surface area contributed by atoms with E-state index in [1.54, 1.807) is 4.80 Å². The first-order chi connectivity index (χ1) is 14.8. The molecule has 2 aromatic carbocycles. The standard InChI is InChI=1S/C24H29N5O2/c1-23(2,3)19-11-9-18(10-12-19)17-29-26-21(25-27-29)24(20-7-5-4-6-8-20)13-15-28(16-14-24)22(30)31/h4-12H,13-17H2,1-3H3,(H,30,31). The molecular formula is C24H29N5O2. The Labute approximate surface area is 182 Å². The molecule has 1 aliphatic rings. The Kier molecular flexibility index (Phi) is 5.52. The van der Waals surface area contributed by atoms with E-state index in [0.717, 1.165) is 11.1 Å². The Bertz CT molecular complexity index is 1030. The van der Waals surface area contributed by atoms with Gasteiger partial charge >= 0.3 is 6.09 Å². The summed E-state index contributed by atoms with van der Waals surface area (Å²) in [5.41, 5.74) is 3.20. The maximum absolute atomic E-state index is 11.4. The Morgan fingerprint density at radius 3 is 2.26 bits per heavy atom. The minimum atomic E-state index is -0.878. The van der Waals surface area contributed by atoms with Gasteiger partial charge in [-0.3, -0.25) is 0 Å². The molecule has 0 aliphatic carbocycles. The minimum absolute atomic E-state index is 0.115. The summed E-state index contributed by atoms with van der Waals surface area (Å²) in [6.45, 7) is 8.05. The normalized spacial score (nSPS) is 16.3. The summed E-state index contributed by atoms with van der Waals surface area (Å²) in [5.74, 6) is 0.662. The van der Waals surface area contributed by atoms with Gasteiger partial charge in [-0.25, -0.2) is 4.79 Å². The van der Waals surface area contributed by atoms with Crippen LogP contribution in [0.25, 0.3) is 0 Å². The second kappa shape index (κ2) is 8.13. The Hall–Kier alpha value is -3.22. The molecule has 1 saturated heterocycles. The zero-order valence-corrected chi connectivity index (χ0v) is 18.3. The summed E-state index contributed by atoms with van der Waals surface area (Å²) in [5, 5.41) is 22.9. The van der Waals surface area contributed by atoms with Crippen molar-refractivity contribution in [3.05, 3.63) is 77.1 Å². The lowest BCUT2D eigenvalue weighted by atomic mass is 9.72. The molecule has 0 spiro atoms. The van der Waals surface area contributed by atoms with E-state index in [4.69, 9.17) is 5.10 Å². The molecule has 7 nitrogen and oxygen atoms in total. The monoisotopic (exact) mass is 419 g/mol. The third-order valence-electron chi connectivity index (χ3n) is 6.24. The largest absolute Gasteiger partial charge is 0.465 e. The molecular weight excluding hydrogens is 390 g/mol. The van der Waals surface area contributed by atoms with Gasteiger partial charge in [0.1, 0.15) is 0 Å². The van der Waals surface area contributed by atoms with Gasteiger partial charge in [0.05, 0.1) is 12.0 Å². The van der Waals surface area contributed by atoms with E-state index in [1.165, 1.54) is 10.5 Å². The molecule has 0 atom stereocenters. The average molecular weight is 420 g/mol. The van der Waals surface area contributed by atoms with Crippen molar-refractivity contribution in [3.63, 3.8) is 0 Å². The van der Waals surface area contributed by atoms with Crippen LogP contribution in [0.5, 0.6) is 0 Å².